The van der Waals surface area contributed by atoms with Crippen LogP contribution in [0.4, 0.5) is 4.39 Å². The number of benzene rings is 1. The Morgan fingerprint density at radius 1 is 0.946 bits per heavy atom. The van der Waals surface area contributed by atoms with Crippen LogP contribution in [0.3, 0.4) is 0 Å². The number of aromatic amines is 2. The zero-order valence-electron chi connectivity index (χ0n) is 20.5. The van der Waals surface area contributed by atoms with E-state index < -0.39 is 0 Å². The highest BCUT2D eigenvalue weighted by atomic mass is 19.1. The summed E-state index contributed by atoms with van der Waals surface area (Å²) in [5.74, 6) is -0.239. The Hall–Kier alpha value is -4.50. The smallest absolute Gasteiger partial charge is 0.138 e. The van der Waals surface area contributed by atoms with E-state index in [-0.39, 0.29) is 5.82 Å². The van der Waals surface area contributed by atoms with Crippen molar-refractivity contribution in [3.8, 4) is 33.9 Å². The number of aryl methyl sites for hydroxylation is 1. The van der Waals surface area contributed by atoms with Crippen LogP contribution < -0.4 is 0 Å². The molecule has 37 heavy (non-hydrogen) atoms. The molecule has 5 heterocycles. The second-order valence-electron chi connectivity index (χ2n) is 9.31. The number of H-pyrrole nitrogens is 2. The zero-order chi connectivity index (χ0) is 25.4. The quantitative estimate of drug-likeness (QED) is 0.315. The summed E-state index contributed by atoms with van der Waals surface area (Å²) in [6.07, 6.45) is 8.47. The molecule has 184 valence electrons. The number of halogens is 1. The van der Waals surface area contributed by atoms with Crippen LogP contribution in [-0.4, -0.2) is 60.7 Å². The van der Waals surface area contributed by atoms with Crippen molar-refractivity contribution in [1.82, 2.24) is 40.0 Å². The Labute approximate surface area is 212 Å². The summed E-state index contributed by atoms with van der Waals surface area (Å²) in [5, 5.41) is 8.48. The van der Waals surface area contributed by atoms with Gasteiger partial charge in [0.1, 0.15) is 28.4 Å². The summed E-state index contributed by atoms with van der Waals surface area (Å²) < 4.78 is 14.6. The van der Waals surface area contributed by atoms with Crippen molar-refractivity contribution < 1.29 is 4.39 Å². The highest BCUT2D eigenvalue weighted by Crippen LogP contribution is 2.34. The summed E-state index contributed by atoms with van der Waals surface area (Å²) in [5.41, 5.74) is 7.78. The van der Waals surface area contributed by atoms with E-state index in [2.05, 4.69) is 41.1 Å². The molecule has 1 aromatic carbocycles. The van der Waals surface area contributed by atoms with Crippen LogP contribution in [-0.2, 0) is 6.42 Å². The van der Waals surface area contributed by atoms with E-state index in [1.807, 2.05) is 38.4 Å². The average Bonchev–Trinajstić information content (AvgIpc) is 3.52. The molecule has 0 saturated carbocycles. The Balaban J connectivity index is 1.41. The molecule has 5 aromatic heterocycles. The summed E-state index contributed by atoms with van der Waals surface area (Å²) in [6, 6.07) is 13.0. The molecular weight excluding hydrogens is 467 g/mol. The average molecular weight is 493 g/mol. The van der Waals surface area contributed by atoms with Gasteiger partial charge in [0.15, 0.2) is 0 Å². The van der Waals surface area contributed by atoms with Gasteiger partial charge in [-0.2, -0.15) is 5.10 Å². The third kappa shape index (κ3) is 4.56. The minimum absolute atomic E-state index is 0.239. The lowest BCUT2D eigenvalue weighted by atomic mass is 9.99. The number of rotatable bonds is 7. The predicted octanol–water partition coefficient (Wildman–Crippen LogP) is 5.26. The molecule has 0 bridgehead atoms. The number of aromatic nitrogens is 7. The Bertz CT molecular complexity index is 1700. The van der Waals surface area contributed by atoms with Crippen molar-refractivity contribution in [2.45, 2.75) is 12.8 Å². The van der Waals surface area contributed by atoms with Gasteiger partial charge in [0, 0.05) is 24.0 Å². The summed E-state index contributed by atoms with van der Waals surface area (Å²) >= 11 is 0. The van der Waals surface area contributed by atoms with Crippen LogP contribution >= 0.6 is 0 Å². The van der Waals surface area contributed by atoms with Crippen molar-refractivity contribution in [3.05, 3.63) is 78.6 Å². The fourth-order valence-corrected chi connectivity index (χ4v) is 4.62. The van der Waals surface area contributed by atoms with Crippen molar-refractivity contribution in [1.29, 1.82) is 0 Å². The van der Waals surface area contributed by atoms with Gasteiger partial charge in [-0.3, -0.25) is 15.1 Å². The molecule has 6 rings (SSSR count). The van der Waals surface area contributed by atoms with Crippen molar-refractivity contribution in [2.75, 3.05) is 20.6 Å². The van der Waals surface area contributed by atoms with Crippen molar-refractivity contribution in [3.63, 3.8) is 0 Å². The maximum Gasteiger partial charge on any atom is 0.138 e. The number of nitrogens with one attached hydrogen (secondary N) is 2. The van der Waals surface area contributed by atoms with Gasteiger partial charge >= 0.3 is 0 Å². The first kappa shape index (κ1) is 22.9. The Morgan fingerprint density at radius 2 is 1.86 bits per heavy atom. The van der Waals surface area contributed by atoms with E-state index in [0.717, 1.165) is 52.7 Å². The second-order valence-corrected chi connectivity index (χ2v) is 9.31. The molecule has 0 amide bonds. The first-order valence-corrected chi connectivity index (χ1v) is 12.1. The van der Waals surface area contributed by atoms with Gasteiger partial charge in [0.25, 0.3) is 0 Å². The molecule has 0 aliphatic heterocycles. The molecule has 0 fully saturated rings. The molecule has 9 heteroatoms. The number of pyridine rings is 2. The fraction of sp³-hybridized carbons (Fsp3) is 0.179. The first-order chi connectivity index (χ1) is 18.0. The number of fused-ring (bicyclic) bond motifs is 2. The molecule has 0 unspecified atom stereocenters. The van der Waals surface area contributed by atoms with Gasteiger partial charge in [0.2, 0.25) is 0 Å². The predicted molar refractivity (Wildman–Crippen MR) is 142 cm³/mol. The van der Waals surface area contributed by atoms with Crippen LogP contribution in [0.15, 0.2) is 67.3 Å². The van der Waals surface area contributed by atoms with E-state index in [1.165, 1.54) is 0 Å². The standard InChI is InChI=1S/C28H25FN8/c1-37(2)11-3-4-17-12-18(14-19(29)13-17)20-7-8-32-28-21(20)15-24(34-28)27-26-23(35-36-27)6-5-22(33-26)25-16-30-9-10-31-25/h5-10,12-16H,3-4,11H2,1-2H3,(H,32,34)(H,35,36). The van der Waals surface area contributed by atoms with E-state index in [0.29, 0.717) is 28.2 Å². The normalized spacial score (nSPS) is 11.7. The molecule has 0 aliphatic rings. The lowest BCUT2D eigenvalue weighted by Gasteiger charge is -2.10. The van der Waals surface area contributed by atoms with Gasteiger partial charge in [0.05, 0.1) is 23.1 Å². The third-order valence-corrected chi connectivity index (χ3v) is 6.36. The van der Waals surface area contributed by atoms with Crippen molar-refractivity contribution in [2.24, 2.45) is 0 Å². The van der Waals surface area contributed by atoms with Gasteiger partial charge in [-0.05, 0) is 86.6 Å². The maximum atomic E-state index is 14.6. The minimum Gasteiger partial charge on any atom is -0.338 e. The molecule has 0 aliphatic carbocycles. The lowest BCUT2D eigenvalue weighted by Crippen LogP contribution is -2.13. The lowest BCUT2D eigenvalue weighted by molar-refractivity contribution is 0.400. The topological polar surface area (TPSA) is 99.3 Å². The largest absolute Gasteiger partial charge is 0.338 e. The van der Waals surface area contributed by atoms with Gasteiger partial charge in [-0.25, -0.2) is 14.4 Å². The summed E-state index contributed by atoms with van der Waals surface area (Å²) in [7, 11) is 4.09. The number of nitrogens with zero attached hydrogens (tertiary/aromatic N) is 6. The fourth-order valence-electron chi connectivity index (χ4n) is 4.62. The third-order valence-electron chi connectivity index (χ3n) is 6.36. The van der Waals surface area contributed by atoms with Gasteiger partial charge in [-0.1, -0.05) is 6.07 Å². The molecule has 0 spiro atoms. The number of hydrogen-bond acceptors (Lipinski definition) is 6. The van der Waals surface area contributed by atoms with Crippen LogP contribution in [0.25, 0.3) is 56.0 Å². The highest BCUT2D eigenvalue weighted by molar-refractivity contribution is 5.99. The molecule has 2 N–H and O–H groups in total. The summed E-state index contributed by atoms with van der Waals surface area (Å²) in [6.45, 7) is 0.955. The van der Waals surface area contributed by atoms with Gasteiger partial charge in [-0.15, -0.1) is 0 Å². The van der Waals surface area contributed by atoms with Crippen LogP contribution in [0, 0.1) is 5.82 Å². The molecule has 6 aromatic rings. The van der Waals surface area contributed by atoms with E-state index in [9.17, 15) is 4.39 Å². The van der Waals surface area contributed by atoms with Crippen LogP contribution in [0.5, 0.6) is 0 Å². The van der Waals surface area contributed by atoms with Crippen molar-refractivity contribution >= 4 is 22.1 Å². The molecule has 0 radical (unpaired) electrons. The second kappa shape index (κ2) is 9.51. The Morgan fingerprint density at radius 3 is 2.70 bits per heavy atom. The Kier molecular flexibility index (Phi) is 5.90. The minimum atomic E-state index is -0.239. The molecule has 0 atom stereocenters. The molecular formula is C28H25FN8. The van der Waals surface area contributed by atoms with Gasteiger partial charge < -0.3 is 9.88 Å². The van der Waals surface area contributed by atoms with Crippen LogP contribution in [0.1, 0.15) is 12.0 Å². The van der Waals surface area contributed by atoms with E-state index >= 15 is 0 Å². The zero-order valence-corrected chi connectivity index (χ0v) is 20.5. The molecule has 8 nitrogen and oxygen atoms in total. The van der Waals surface area contributed by atoms with Crippen LogP contribution in [0.2, 0.25) is 0 Å². The number of hydrogen-bond donors (Lipinski definition) is 2. The summed E-state index contributed by atoms with van der Waals surface area (Å²) in [4.78, 5) is 23.3. The molecule has 0 saturated heterocycles. The van der Waals surface area contributed by atoms with E-state index in [4.69, 9.17) is 4.98 Å². The van der Waals surface area contributed by atoms with E-state index in [1.54, 1.807) is 36.9 Å². The maximum absolute atomic E-state index is 14.6. The first-order valence-electron chi connectivity index (χ1n) is 12.1. The highest BCUT2D eigenvalue weighted by Gasteiger charge is 2.17. The monoisotopic (exact) mass is 492 g/mol. The SMILES string of the molecule is CN(C)CCCc1cc(F)cc(-c2ccnc3[nH]c(-c4n[nH]c5ccc(-c6cnccn6)nc45)cc23)c1.